The second-order valence-electron chi connectivity index (χ2n) is 6.59. The van der Waals surface area contributed by atoms with E-state index in [1.54, 1.807) is 12.1 Å². The average molecular weight is 318 g/mol. The molecular weight excluding hydrogens is 290 g/mol. The van der Waals surface area contributed by atoms with Crippen molar-refractivity contribution in [2.75, 3.05) is 0 Å². The van der Waals surface area contributed by atoms with E-state index in [4.69, 9.17) is 0 Å². The maximum Gasteiger partial charge on any atom is 0.166 e. The number of halogens is 2. The van der Waals surface area contributed by atoms with E-state index in [-0.39, 0.29) is 0 Å². The van der Waals surface area contributed by atoms with E-state index >= 15 is 0 Å². The number of benzene rings is 1. The van der Waals surface area contributed by atoms with Gasteiger partial charge in [-0.05, 0) is 62.0 Å². The first-order chi connectivity index (χ1) is 11.2. The topological polar surface area (TPSA) is 0 Å². The largest absolute Gasteiger partial charge is 0.203 e. The van der Waals surface area contributed by atoms with E-state index in [1.807, 2.05) is 6.08 Å². The Kier molecular flexibility index (Phi) is 7.01. The molecule has 1 atom stereocenters. The lowest BCUT2D eigenvalue weighted by Gasteiger charge is -2.22. The monoisotopic (exact) mass is 318 g/mol. The highest BCUT2D eigenvalue weighted by atomic mass is 19.2. The molecule has 0 saturated heterocycles. The SMILES string of the molecule is C=CCCC1CC=C(c2ccc(CCCCC)c(F)c2F)CC1. The van der Waals surface area contributed by atoms with E-state index in [9.17, 15) is 8.78 Å². The Morgan fingerprint density at radius 3 is 2.70 bits per heavy atom. The van der Waals surface area contributed by atoms with Crippen LogP contribution in [0.4, 0.5) is 8.78 Å². The standard InChI is InChI=1S/C21H28F2/c1-3-5-7-9-18-14-15-19(21(23)20(18)22)17-12-10-16(11-13-17)8-6-4-2/h4,12,14-16H,2-3,5-11,13H2,1H3. The Labute approximate surface area is 139 Å². The highest BCUT2D eigenvalue weighted by molar-refractivity contribution is 5.67. The minimum absolute atomic E-state index is 0.462. The Hall–Kier alpha value is -1.44. The van der Waals surface area contributed by atoms with E-state index < -0.39 is 11.6 Å². The van der Waals surface area contributed by atoms with Gasteiger partial charge in [-0.25, -0.2) is 8.78 Å². The summed E-state index contributed by atoms with van der Waals surface area (Å²) in [5, 5.41) is 0. The molecular formula is C21H28F2. The minimum Gasteiger partial charge on any atom is -0.203 e. The summed E-state index contributed by atoms with van der Waals surface area (Å²) in [5.41, 5.74) is 1.94. The molecule has 0 N–H and O–H groups in total. The fraction of sp³-hybridized carbons (Fsp3) is 0.524. The second kappa shape index (κ2) is 9.00. The third-order valence-electron chi connectivity index (χ3n) is 4.86. The molecule has 1 aromatic carbocycles. The van der Waals surface area contributed by atoms with Crippen molar-refractivity contribution in [2.24, 2.45) is 5.92 Å². The molecule has 0 heterocycles. The third kappa shape index (κ3) is 4.76. The van der Waals surface area contributed by atoms with Gasteiger partial charge in [-0.3, -0.25) is 0 Å². The summed E-state index contributed by atoms with van der Waals surface area (Å²) in [4.78, 5) is 0. The van der Waals surface area contributed by atoms with E-state index in [0.717, 1.165) is 56.9 Å². The van der Waals surface area contributed by atoms with Crippen molar-refractivity contribution in [1.82, 2.24) is 0 Å². The summed E-state index contributed by atoms with van der Waals surface area (Å²) in [6.07, 6.45) is 12.8. The van der Waals surface area contributed by atoms with Crippen LogP contribution in [0.25, 0.3) is 5.57 Å². The van der Waals surface area contributed by atoms with Crippen molar-refractivity contribution in [3.8, 4) is 0 Å². The molecule has 1 aliphatic carbocycles. The van der Waals surface area contributed by atoms with Crippen molar-refractivity contribution < 1.29 is 8.78 Å². The van der Waals surface area contributed by atoms with Crippen molar-refractivity contribution >= 4 is 5.57 Å². The molecule has 0 aromatic heterocycles. The first-order valence-electron chi connectivity index (χ1n) is 8.94. The Balaban J connectivity index is 2.07. The molecule has 0 amide bonds. The number of hydrogen-bond acceptors (Lipinski definition) is 0. The van der Waals surface area contributed by atoms with Gasteiger partial charge in [0.25, 0.3) is 0 Å². The summed E-state index contributed by atoms with van der Waals surface area (Å²) >= 11 is 0. The fourth-order valence-corrected chi connectivity index (χ4v) is 3.34. The van der Waals surface area contributed by atoms with Gasteiger partial charge in [0, 0.05) is 5.56 Å². The number of rotatable bonds is 8. The number of aryl methyl sites for hydroxylation is 1. The molecule has 0 bridgehead atoms. The quantitative estimate of drug-likeness (QED) is 0.363. The lowest BCUT2D eigenvalue weighted by Crippen LogP contribution is -2.07. The first-order valence-corrected chi connectivity index (χ1v) is 8.94. The van der Waals surface area contributed by atoms with Crippen LogP contribution < -0.4 is 0 Å². The zero-order chi connectivity index (χ0) is 16.7. The normalized spacial score (nSPS) is 17.9. The van der Waals surface area contributed by atoms with Gasteiger partial charge in [0.15, 0.2) is 11.6 Å². The van der Waals surface area contributed by atoms with Gasteiger partial charge in [-0.1, -0.05) is 44.1 Å². The zero-order valence-electron chi connectivity index (χ0n) is 14.2. The molecule has 23 heavy (non-hydrogen) atoms. The third-order valence-corrected chi connectivity index (χ3v) is 4.86. The van der Waals surface area contributed by atoms with Crippen LogP contribution in [0.1, 0.15) is 69.4 Å². The van der Waals surface area contributed by atoms with Gasteiger partial charge in [-0.2, -0.15) is 0 Å². The van der Waals surface area contributed by atoms with Crippen LogP contribution in [0.3, 0.4) is 0 Å². The summed E-state index contributed by atoms with van der Waals surface area (Å²) in [5.74, 6) is -0.652. The van der Waals surface area contributed by atoms with Crippen LogP contribution in [0.15, 0.2) is 30.9 Å². The lowest BCUT2D eigenvalue weighted by atomic mass is 9.84. The van der Waals surface area contributed by atoms with E-state index in [1.165, 1.54) is 0 Å². The summed E-state index contributed by atoms with van der Waals surface area (Å²) < 4.78 is 28.7. The van der Waals surface area contributed by atoms with Gasteiger partial charge in [-0.15, -0.1) is 6.58 Å². The van der Waals surface area contributed by atoms with Gasteiger partial charge < -0.3 is 0 Å². The predicted molar refractivity (Wildman–Crippen MR) is 94.3 cm³/mol. The highest BCUT2D eigenvalue weighted by Gasteiger charge is 2.20. The van der Waals surface area contributed by atoms with Crippen molar-refractivity contribution in [3.63, 3.8) is 0 Å². The van der Waals surface area contributed by atoms with Gasteiger partial charge in [0.05, 0.1) is 0 Å². The number of hydrogen-bond donors (Lipinski definition) is 0. The molecule has 0 radical (unpaired) electrons. The zero-order valence-corrected chi connectivity index (χ0v) is 14.2. The van der Waals surface area contributed by atoms with Gasteiger partial charge in [0.2, 0.25) is 0 Å². The van der Waals surface area contributed by atoms with Crippen LogP contribution in [0, 0.1) is 17.6 Å². The molecule has 0 saturated carbocycles. The molecule has 0 spiro atoms. The summed E-state index contributed by atoms with van der Waals surface area (Å²) in [7, 11) is 0. The number of unbranched alkanes of at least 4 members (excludes halogenated alkanes) is 2. The minimum atomic E-state index is -0.658. The average Bonchev–Trinajstić information content (AvgIpc) is 2.58. The number of allylic oxidation sites excluding steroid dienone is 3. The Morgan fingerprint density at radius 1 is 1.22 bits per heavy atom. The predicted octanol–water partition coefficient (Wildman–Crippen LogP) is 6.85. The first kappa shape index (κ1) is 17.9. The molecule has 1 unspecified atom stereocenters. The lowest BCUT2D eigenvalue weighted by molar-refractivity contribution is 0.452. The van der Waals surface area contributed by atoms with Crippen LogP contribution in [-0.4, -0.2) is 0 Å². The van der Waals surface area contributed by atoms with Crippen molar-refractivity contribution in [3.05, 3.63) is 53.6 Å². The van der Waals surface area contributed by atoms with Crippen LogP contribution in [-0.2, 0) is 6.42 Å². The smallest absolute Gasteiger partial charge is 0.166 e. The van der Waals surface area contributed by atoms with Gasteiger partial charge in [0.1, 0.15) is 0 Å². The van der Waals surface area contributed by atoms with E-state index in [2.05, 4.69) is 19.6 Å². The molecule has 0 aliphatic heterocycles. The Morgan fingerprint density at radius 2 is 2.04 bits per heavy atom. The maximum atomic E-state index is 14.4. The molecule has 2 rings (SSSR count). The summed E-state index contributed by atoms with van der Waals surface area (Å²) in [6, 6.07) is 3.55. The molecule has 126 valence electrons. The van der Waals surface area contributed by atoms with Crippen molar-refractivity contribution in [2.45, 2.75) is 64.7 Å². The molecule has 2 heteroatoms. The van der Waals surface area contributed by atoms with Crippen molar-refractivity contribution in [1.29, 1.82) is 0 Å². The van der Waals surface area contributed by atoms with Crippen LogP contribution >= 0.6 is 0 Å². The molecule has 1 aromatic rings. The van der Waals surface area contributed by atoms with Crippen LogP contribution in [0.2, 0.25) is 0 Å². The Bertz CT molecular complexity index is 557. The summed E-state index contributed by atoms with van der Waals surface area (Å²) in [6.45, 7) is 5.87. The molecule has 0 nitrogen and oxygen atoms in total. The van der Waals surface area contributed by atoms with E-state index in [0.29, 0.717) is 23.5 Å². The second-order valence-corrected chi connectivity index (χ2v) is 6.59. The highest BCUT2D eigenvalue weighted by Crippen LogP contribution is 2.34. The molecule has 0 fully saturated rings. The fourth-order valence-electron chi connectivity index (χ4n) is 3.34. The molecule has 1 aliphatic rings. The van der Waals surface area contributed by atoms with Gasteiger partial charge >= 0.3 is 0 Å². The van der Waals surface area contributed by atoms with Crippen LogP contribution in [0.5, 0.6) is 0 Å². The maximum absolute atomic E-state index is 14.4.